The van der Waals surface area contributed by atoms with E-state index in [1.807, 2.05) is 52.0 Å². The number of rotatable bonds is 13. The molecule has 3 aromatic carbocycles. The summed E-state index contributed by atoms with van der Waals surface area (Å²) in [5.41, 5.74) is 2.05. The third kappa shape index (κ3) is 8.01. The molecule has 0 saturated heterocycles. The van der Waals surface area contributed by atoms with Crippen molar-refractivity contribution in [3.8, 4) is 5.75 Å². The summed E-state index contributed by atoms with van der Waals surface area (Å²) in [6.07, 6.45) is 1.08. The van der Waals surface area contributed by atoms with E-state index in [1.165, 1.54) is 30.2 Å². The van der Waals surface area contributed by atoms with Gasteiger partial charge in [-0.3, -0.25) is 13.9 Å². The fraction of sp³-hybridized carbons (Fsp3) is 0.355. The molecule has 0 fully saturated rings. The second kappa shape index (κ2) is 14.4. The van der Waals surface area contributed by atoms with Crippen LogP contribution in [0.1, 0.15) is 44.7 Å². The number of hydrogen-bond acceptors (Lipinski definition) is 5. The van der Waals surface area contributed by atoms with Gasteiger partial charge in [0.05, 0.1) is 17.7 Å². The van der Waals surface area contributed by atoms with Crippen molar-refractivity contribution in [2.24, 2.45) is 0 Å². The molecule has 0 radical (unpaired) electrons. The number of aryl methyl sites for hydroxylation is 1. The van der Waals surface area contributed by atoms with E-state index in [0.717, 1.165) is 21.9 Å². The first-order valence-corrected chi connectivity index (χ1v) is 15.4. The second-order valence-corrected chi connectivity index (χ2v) is 12.2. The van der Waals surface area contributed by atoms with Gasteiger partial charge in [0.25, 0.3) is 10.0 Å². The summed E-state index contributed by atoms with van der Waals surface area (Å²) in [7, 11) is -2.72. The monoisotopic (exact) mass is 599 g/mol. The molecule has 0 bridgehead atoms. The Labute approximate surface area is 248 Å². The molecule has 0 heterocycles. The van der Waals surface area contributed by atoms with Crippen molar-refractivity contribution >= 4 is 39.1 Å². The lowest BCUT2D eigenvalue weighted by molar-refractivity contribution is -0.140. The van der Waals surface area contributed by atoms with Crippen LogP contribution >= 0.6 is 11.6 Å². The Morgan fingerprint density at radius 2 is 1.66 bits per heavy atom. The van der Waals surface area contributed by atoms with Gasteiger partial charge in [-0.2, -0.15) is 0 Å². The summed E-state index contributed by atoms with van der Waals surface area (Å²) in [5.74, 6) is -0.301. The van der Waals surface area contributed by atoms with Crippen molar-refractivity contribution in [2.75, 3.05) is 18.0 Å². The van der Waals surface area contributed by atoms with Crippen molar-refractivity contribution in [3.05, 3.63) is 88.9 Å². The minimum absolute atomic E-state index is 0.0157. The Balaban J connectivity index is 2.07. The van der Waals surface area contributed by atoms with Gasteiger partial charge in [0, 0.05) is 17.6 Å². The molecule has 3 aromatic rings. The first-order valence-electron chi connectivity index (χ1n) is 13.6. The molecule has 0 unspecified atom stereocenters. The largest absolute Gasteiger partial charge is 0.497 e. The Morgan fingerprint density at radius 3 is 2.24 bits per heavy atom. The number of methoxy groups -OCH3 is 1. The van der Waals surface area contributed by atoms with Crippen LogP contribution in [0, 0.1) is 6.92 Å². The summed E-state index contributed by atoms with van der Waals surface area (Å²) >= 11 is 6.24. The molecule has 0 spiro atoms. The van der Waals surface area contributed by atoms with Gasteiger partial charge < -0.3 is 15.0 Å². The lowest BCUT2D eigenvalue weighted by Crippen LogP contribution is -2.53. The molecule has 220 valence electrons. The first kappa shape index (κ1) is 32.0. The number of halogens is 1. The zero-order valence-electron chi connectivity index (χ0n) is 24.1. The normalized spacial score (nSPS) is 12.7. The number of carbonyl (C=O) groups excluding carboxylic acids is 2. The third-order valence-corrected chi connectivity index (χ3v) is 9.03. The zero-order chi connectivity index (χ0) is 30.2. The highest BCUT2D eigenvalue weighted by Gasteiger charge is 2.34. The van der Waals surface area contributed by atoms with Crippen molar-refractivity contribution in [3.63, 3.8) is 0 Å². The predicted molar refractivity (Wildman–Crippen MR) is 163 cm³/mol. The van der Waals surface area contributed by atoms with Crippen molar-refractivity contribution in [1.29, 1.82) is 0 Å². The Kier molecular flexibility index (Phi) is 11.2. The van der Waals surface area contributed by atoms with E-state index in [-0.39, 0.29) is 29.1 Å². The average molecular weight is 600 g/mol. The smallest absolute Gasteiger partial charge is 0.264 e. The van der Waals surface area contributed by atoms with E-state index in [1.54, 1.807) is 30.3 Å². The Hall–Kier alpha value is -3.56. The first-order chi connectivity index (χ1) is 19.5. The number of nitrogens with one attached hydrogen (secondary N) is 1. The Bertz CT molecular complexity index is 1450. The molecular formula is C31H38ClN3O5S. The summed E-state index contributed by atoms with van der Waals surface area (Å²) in [6.45, 7) is 7.25. The average Bonchev–Trinajstić information content (AvgIpc) is 2.96. The van der Waals surface area contributed by atoms with Gasteiger partial charge in [-0.1, -0.05) is 55.8 Å². The lowest BCUT2D eigenvalue weighted by Gasteiger charge is -2.34. The minimum atomic E-state index is -4.21. The molecule has 2 amide bonds. The van der Waals surface area contributed by atoms with Crippen LogP contribution in [0.4, 0.5) is 5.69 Å². The number of nitrogens with zero attached hydrogens (tertiary/aromatic N) is 2. The number of amides is 2. The van der Waals surface area contributed by atoms with Gasteiger partial charge in [-0.05, 0) is 80.3 Å². The van der Waals surface area contributed by atoms with E-state index in [9.17, 15) is 18.0 Å². The van der Waals surface area contributed by atoms with Gasteiger partial charge in [0.15, 0.2) is 0 Å². The maximum Gasteiger partial charge on any atom is 0.264 e. The summed E-state index contributed by atoms with van der Waals surface area (Å²) in [5, 5.41) is 3.30. The number of ether oxygens (including phenoxy) is 1. The van der Waals surface area contributed by atoms with Crippen LogP contribution in [0.3, 0.4) is 0 Å². The maximum absolute atomic E-state index is 14.2. The van der Waals surface area contributed by atoms with E-state index < -0.39 is 28.5 Å². The molecule has 41 heavy (non-hydrogen) atoms. The van der Waals surface area contributed by atoms with Gasteiger partial charge in [0.1, 0.15) is 18.3 Å². The van der Waals surface area contributed by atoms with Crippen LogP contribution in [0.5, 0.6) is 5.75 Å². The van der Waals surface area contributed by atoms with Gasteiger partial charge >= 0.3 is 0 Å². The highest BCUT2D eigenvalue weighted by atomic mass is 35.5. The molecular weight excluding hydrogens is 562 g/mol. The molecule has 0 aliphatic carbocycles. The summed E-state index contributed by atoms with van der Waals surface area (Å²) < 4.78 is 34.1. The minimum Gasteiger partial charge on any atom is -0.497 e. The summed E-state index contributed by atoms with van der Waals surface area (Å²) in [4.78, 5) is 29.0. The highest BCUT2D eigenvalue weighted by molar-refractivity contribution is 7.92. The van der Waals surface area contributed by atoms with Crippen LogP contribution < -0.4 is 14.4 Å². The maximum atomic E-state index is 14.2. The summed E-state index contributed by atoms with van der Waals surface area (Å²) in [6, 6.07) is 19.0. The molecule has 0 saturated carbocycles. The predicted octanol–water partition coefficient (Wildman–Crippen LogP) is 5.57. The van der Waals surface area contributed by atoms with Crippen LogP contribution in [-0.4, -0.2) is 50.9 Å². The zero-order valence-corrected chi connectivity index (χ0v) is 25.7. The number of carbonyl (C=O) groups is 2. The standard InChI is InChI=1S/C31H38ClN3O5S/c1-6-23(4)33-31(37)29(7-2)34(20-24-12-9-8-11-22(24)3)30(36)21-35(26-14-10-13-25(32)19-26)41(38,39)28-17-15-27(40-5)16-18-28/h8-19,23,29H,6-7,20-21H2,1-5H3,(H,33,37)/t23-,29-/m1/s1. The molecule has 0 aliphatic heterocycles. The van der Waals surface area contributed by atoms with Crippen LogP contribution in [-0.2, 0) is 26.2 Å². The fourth-order valence-electron chi connectivity index (χ4n) is 4.37. The molecule has 0 aliphatic rings. The highest BCUT2D eigenvalue weighted by Crippen LogP contribution is 2.28. The number of sulfonamides is 1. The number of anilines is 1. The quantitative estimate of drug-likeness (QED) is 0.277. The number of benzene rings is 3. The molecule has 10 heteroatoms. The van der Waals surface area contributed by atoms with Crippen molar-refractivity contribution in [1.82, 2.24) is 10.2 Å². The van der Waals surface area contributed by atoms with Gasteiger partial charge in [0.2, 0.25) is 11.8 Å². The topological polar surface area (TPSA) is 96.0 Å². The second-order valence-electron chi connectivity index (χ2n) is 9.86. The van der Waals surface area contributed by atoms with E-state index >= 15 is 0 Å². The van der Waals surface area contributed by atoms with Gasteiger partial charge in [-0.15, -0.1) is 0 Å². The van der Waals surface area contributed by atoms with Crippen LogP contribution in [0.15, 0.2) is 77.7 Å². The molecule has 0 aromatic heterocycles. The molecule has 2 atom stereocenters. The number of hydrogen-bond donors (Lipinski definition) is 1. The molecule has 1 N–H and O–H groups in total. The third-order valence-electron chi connectivity index (χ3n) is 7.01. The van der Waals surface area contributed by atoms with Crippen molar-refractivity contribution in [2.45, 2.75) is 64.1 Å². The van der Waals surface area contributed by atoms with E-state index in [2.05, 4.69) is 5.32 Å². The van der Waals surface area contributed by atoms with E-state index in [0.29, 0.717) is 17.2 Å². The Morgan fingerprint density at radius 1 is 0.976 bits per heavy atom. The lowest BCUT2D eigenvalue weighted by atomic mass is 10.1. The fourth-order valence-corrected chi connectivity index (χ4v) is 5.96. The van der Waals surface area contributed by atoms with E-state index in [4.69, 9.17) is 16.3 Å². The SMILES string of the molecule is CC[C@@H](C)NC(=O)[C@@H](CC)N(Cc1ccccc1C)C(=O)CN(c1cccc(Cl)c1)S(=O)(=O)c1ccc(OC)cc1. The van der Waals surface area contributed by atoms with Crippen LogP contribution in [0.2, 0.25) is 5.02 Å². The van der Waals surface area contributed by atoms with Crippen LogP contribution in [0.25, 0.3) is 0 Å². The molecule has 3 rings (SSSR count). The molecule has 8 nitrogen and oxygen atoms in total. The van der Waals surface area contributed by atoms with Gasteiger partial charge in [-0.25, -0.2) is 8.42 Å². The van der Waals surface area contributed by atoms with Crippen molar-refractivity contribution < 1.29 is 22.7 Å².